The van der Waals surface area contributed by atoms with Crippen molar-refractivity contribution in [2.24, 2.45) is 0 Å². The fraction of sp³-hybridized carbons (Fsp3) is 0.424. The number of nitrogens with one attached hydrogen (secondary N) is 3. The lowest BCUT2D eigenvalue weighted by atomic mass is 10.1. The molecule has 1 heterocycles. The molecule has 48 heavy (non-hydrogen) atoms. The lowest BCUT2D eigenvalue weighted by molar-refractivity contribution is -0.140. The zero-order valence-electron chi connectivity index (χ0n) is 27.2. The number of aliphatic hydroxyl groups excluding tert-OH is 1. The Morgan fingerprint density at radius 1 is 1.04 bits per heavy atom. The van der Waals surface area contributed by atoms with E-state index in [0.717, 1.165) is 6.42 Å². The third kappa shape index (κ3) is 10.9. The number of alkyl carbamates (subject to hydrolysis) is 1. The second kappa shape index (κ2) is 18.7. The van der Waals surface area contributed by atoms with Crippen molar-refractivity contribution in [3.63, 3.8) is 0 Å². The van der Waals surface area contributed by atoms with E-state index in [9.17, 15) is 29.1 Å². The van der Waals surface area contributed by atoms with Crippen molar-refractivity contribution in [1.82, 2.24) is 10.2 Å². The van der Waals surface area contributed by atoms with Crippen molar-refractivity contribution < 1.29 is 52.8 Å². The van der Waals surface area contributed by atoms with Crippen LogP contribution in [0.5, 0.6) is 11.5 Å². The summed E-state index contributed by atoms with van der Waals surface area (Å²) in [5.41, 5.74) is 1.27. The molecule has 1 aliphatic heterocycles. The van der Waals surface area contributed by atoms with Crippen LogP contribution >= 0.6 is 0 Å². The fourth-order valence-electron chi connectivity index (χ4n) is 4.71. The van der Waals surface area contributed by atoms with E-state index in [1.54, 1.807) is 29.2 Å². The lowest BCUT2D eigenvalue weighted by Gasteiger charge is -2.25. The van der Waals surface area contributed by atoms with Crippen molar-refractivity contribution >= 4 is 41.3 Å². The molecule has 0 bridgehead atoms. The quantitative estimate of drug-likeness (QED) is 0.0883. The van der Waals surface area contributed by atoms with Gasteiger partial charge in [0, 0.05) is 24.7 Å². The van der Waals surface area contributed by atoms with E-state index in [1.807, 2.05) is 0 Å². The number of methoxy groups -OCH3 is 2. The highest BCUT2D eigenvalue weighted by atomic mass is 16.6. The number of carbonyl (C=O) groups is 5. The lowest BCUT2D eigenvalue weighted by Crippen LogP contribution is -2.41. The average Bonchev–Trinajstić information content (AvgIpc) is 3.57. The van der Waals surface area contributed by atoms with Gasteiger partial charge in [-0.2, -0.15) is 0 Å². The highest BCUT2D eigenvalue weighted by molar-refractivity contribution is 6.04. The number of nitrogens with zero attached hydrogens (tertiary/aromatic N) is 1. The van der Waals surface area contributed by atoms with E-state index >= 15 is 0 Å². The minimum atomic E-state index is -0.866. The summed E-state index contributed by atoms with van der Waals surface area (Å²) in [5, 5.41) is 17.5. The monoisotopic (exact) mass is 670 g/mol. The number of likely N-dealkylation sites (tertiary alicyclic amines) is 1. The van der Waals surface area contributed by atoms with Crippen LogP contribution in [0, 0.1) is 0 Å². The molecule has 15 heteroatoms. The summed E-state index contributed by atoms with van der Waals surface area (Å²) in [7, 11) is 2.71. The van der Waals surface area contributed by atoms with Gasteiger partial charge in [0.15, 0.2) is 11.5 Å². The first-order valence-corrected chi connectivity index (χ1v) is 15.3. The first kappa shape index (κ1) is 37.2. The van der Waals surface area contributed by atoms with Gasteiger partial charge in [-0.05, 0) is 49.9 Å². The number of hydrogen-bond acceptors (Lipinski definition) is 11. The number of esters is 1. The molecule has 2 aromatic carbocycles. The van der Waals surface area contributed by atoms with Crippen molar-refractivity contribution in [1.29, 1.82) is 0 Å². The van der Waals surface area contributed by atoms with Crippen LogP contribution < -0.4 is 25.4 Å². The van der Waals surface area contributed by atoms with E-state index in [2.05, 4.69) is 27.3 Å². The zero-order chi connectivity index (χ0) is 35.1. The first-order chi connectivity index (χ1) is 23.1. The van der Waals surface area contributed by atoms with E-state index in [-0.39, 0.29) is 67.6 Å². The van der Waals surface area contributed by atoms with Gasteiger partial charge >= 0.3 is 18.2 Å². The normalized spacial score (nSPS) is 14.2. The topological polar surface area (TPSA) is 191 Å². The molecule has 2 atom stereocenters. The van der Waals surface area contributed by atoms with Crippen LogP contribution in [0.2, 0.25) is 0 Å². The zero-order valence-corrected chi connectivity index (χ0v) is 27.2. The standard InChI is InChI=1S/C33H42N4O11/c1-5-15-47-32(42)34-21(2)30(40)35-23-12-10-22(11-13-23)20-48-33(43)36-26-18-28(46-16-7-9-29(39)45-4)27(44-3)17-25(26)31(41)37-14-6-8-24(37)19-38/h5,10-13,17-18,21,24,38H,1,6-9,14-16,19-20H2,2-4H3,(H,34,42)(H,35,40)(H,36,43). The van der Waals surface area contributed by atoms with Crippen LogP contribution in [0.3, 0.4) is 0 Å². The van der Waals surface area contributed by atoms with E-state index in [4.69, 9.17) is 18.9 Å². The number of rotatable bonds is 16. The third-order valence-corrected chi connectivity index (χ3v) is 7.28. The maximum absolute atomic E-state index is 13.6. The maximum Gasteiger partial charge on any atom is 0.411 e. The maximum atomic E-state index is 13.6. The molecule has 0 spiro atoms. The Kier molecular flexibility index (Phi) is 14.5. The molecule has 1 saturated heterocycles. The molecule has 0 aromatic heterocycles. The first-order valence-electron chi connectivity index (χ1n) is 15.3. The van der Waals surface area contributed by atoms with E-state index in [1.165, 1.54) is 39.4 Å². The summed E-state index contributed by atoms with van der Waals surface area (Å²) in [5.74, 6) is -0.797. The number of anilines is 2. The molecule has 4 N–H and O–H groups in total. The summed E-state index contributed by atoms with van der Waals surface area (Å²) in [6.45, 7) is 5.21. The van der Waals surface area contributed by atoms with Crippen LogP contribution in [-0.2, 0) is 30.4 Å². The summed E-state index contributed by atoms with van der Waals surface area (Å²) < 4.78 is 26.1. The van der Waals surface area contributed by atoms with Crippen LogP contribution in [-0.4, -0.2) is 92.6 Å². The van der Waals surface area contributed by atoms with E-state index < -0.39 is 30.0 Å². The summed E-state index contributed by atoms with van der Waals surface area (Å²) >= 11 is 0. The summed E-state index contributed by atoms with van der Waals surface area (Å²) in [6, 6.07) is 8.17. The van der Waals surface area contributed by atoms with E-state index in [0.29, 0.717) is 30.6 Å². The highest BCUT2D eigenvalue weighted by Crippen LogP contribution is 2.35. The fourth-order valence-corrected chi connectivity index (χ4v) is 4.71. The minimum absolute atomic E-state index is 0.0139. The van der Waals surface area contributed by atoms with Gasteiger partial charge in [0.05, 0.1) is 44.7 Å². The van der Waals surface area contributed by atoms with Gasteiger partial charge < -0.3 is 44.3 Å². The van der Waals surface area contributed by atoms with Crippen molar-refractivity contribution in [2.45, 2.75) is 51.3 Å². The average molecular weight is 671 g/mol. The molecular weight excluding hydrogens is 628 g/mol. The van der Waals surface area contributed by atoms with Crippen LogP contribution in [0.15, 0.2) is 49.1 Å². The largest absolute Gasteiger partial charge is 0.493 e. The molecule has 2 aromatic rings. The number of amides is 4. The smallest absolute Gasteiger partial charge is 0.411 e. The summed E-state index contributed by atoms with van der Waals surface area (Å²) in [4.78, 5) is 63.6. The van der Waals surface area contributed by atoms with Gasteiger partial charge in [0.25, 0.3) is 5.91 Å². The van der Waals surface area contributed by atoms with Crippen molar-refractivity contribution in [3.05, 3.63) is 60.2 Å². The van der Waals surface area contributed by atoms with Gasteiger partial charge in [-0.3, -0.25) is 19.7 Å². The van der Waals surface area contributed by atoms with Crippen molar-refractivity contribution in [2.75, 3.05) is 51.2 Å². The Morgan fingerprint density at radius 2 is 1.79 bits per heavy atom. The molecule has 0 aliphatic carbocycles. The highest BCUT2D eigenvalue weighted by Gasteiger charge is 2.31. The SMILES string of the molecule is C=CCOC(=O)NC(C)C(=O)Nc1ccc(COC(=O)Nc2cc(OCCCC(=O)OC)c(OC)cc2C(=O)N2CCCC2CO)cc1. The molecule has 1 aliphatic rings. The molecule has 3 rings (SSSR count). The number of ether oxygens (including phenoxy) is 5. The molecule has 15 nitrogen and oxygen atoms in total. The van der Waals surface area contributed by atoms with Crippen LogP contribution in [0.1, 0.15) is 48.5 Å². The molecule has 1 fully saturated rings. The number of hydrogen-bond donors (Lipinski definition) is 4. The predicted molar refractivity (Wildman–Crippen MR) is 174 cm³/mol. The molecule has 260 valence electrons. The van der Waals surface area contributed by atoms with Gasteiger partial charge in [0.1, 0.15) is 19.3 Å². The van der Waals surface area contributed by atoms with Crippen LogP contribution in [0.25, 0.3) is 0 Å². The molecular formula is C33H42N4O11. The predicted octanol–water partition coefficient (Wildman–Crippen LogP) is 3.61. The van der Waals surface area contributed by atoms with Crippen molar-refractivity contribution in [3.8, 4) is 11.5 Å². The Morgan fingerprint density at radius 3 is 2.46 bits per heavy atom. The Labute approximate surface area is 278 Å². The second-order valence-electron chi connectivity index (χ2n) is 10.7. The Balaban J connectivity index is 1.68. The van der Waals surface area contributed by atoms with Gasteiger partial charge in [-0.15, -0.1) is 0 Å². The number of benzene rings is 2. The van der Waals surface area contributed by atoms with Gasteiger partial charge in [-0.25, -0.2) is 9.59 Å². The third-order valence-electron chi connectivity index (χ3n) is 7.28. The van der Waals surface area contributed by atoms with Gasteiger partial charge in [-0.1, -0.05) is 24.8 Å². The minimum Gasteiger partial charge on any atom is -0.493 e. The Bertz CT molecular complexity index is 1450. The molecule has 4 amide bonds. The second-order valence-corrected chi connectivity index (χ2v) is 10.7. The van der Waals surface area contributed by atoms with Gasteiger partial charge in [0.2, 0.25) is 5.91 Å². The molecule has 2 unspecified atom stereocenters. The molecule has 0 radical (unpaired) electrons. The van der Waals surface area contributed by atoms with Crippen LogP contribution in [0.4, 0.5) is 21.0 Å². The Hall–Kier alpha value is -5.31. The number of aliphatic hydroxyl groups is 1. The molecule has 0 saturated carbocycles. The number of carbonyl (C=O) groups excluding carboxylic acids is 5. The summed E-state index contributed by atoms with van der Waals surface area (Å²) in [6.07, 6.45) is 1.67.